The summed E-state index contributed by atoms with van der Waals surface area (Å²) in [6.07, 6.45) is -1.88. The highest BCUT2D eigenvalue weighted by Crippen LogP contribution is 2.28. The molecule has 0 heterocycles. The third-order valence-electron chi connectivity index (χ3n) is 3.25. The van der Waals surface area contributed by atoms with Gasteiger partial charge in [-0.3, -0.25) is 4.79 Å². The van der Waals surface area contributed by atoms with Crippen LogP contribution >= 0.6 is 11.6 Å². The van der Waals surface area contributed by atoms with Crippen molar-refractivity contribution >= 4 is 17.6 Å². The van der Waals surface area contributed by atoms with Crippen molar-refractivity contribution < 1.29 is 19.4 Å². The van der Waals surface area contributed by atoms with Crippen LogP contribution in [0.3, 0.4) is 0 Å². The molecule has 0 saturated carbocycles. The zero-order chi connectivity index (χ0) is 16.7. The minimum absolute atomic E-state index is 0.0259. The number of ether oxygens (including phenoxy) is 2. The number of carbonyl (C=O) groups excluding carboxylic acids is 1. The summed E-state index contributed by atoms with van der Waals surface area (Å²) in [5.41, 5.74) is 1.56. The van der Waals surface area contributed by atoms with Crippen LogP contribution in [-0.2, 0) is 20.9 Å². The lowest BCUT2D eigenvalue weighted by Crippen LogP contribution is -2.28. The Morgan fingerprint density at radius 1 is 1.13 bits per heavy atom. The van der Waals surface area contributed by atoms with Gasteiger partial charge < -0.3 is 14.6 Å². The number of benzene rings is 2. The van der Waals surface area contributed by atoms with E-state index in [0.29, 0.717) is 17.2 Å². The van der Waals surface area contributed by atoms with Crippen molar-refractivity contribution in [2.45, 2.75) is 25.7 Å². The third kappa shape index (κ3) is 5.36. The molecule has 4 nitrogen and oxygen atoms in total. The highest BCUT2D eigenvalue weighted by molar-refractivity contribution is 6.31. The fourth-order valence-electron chi connectivity index (χ4n) is 2.19. The summed E-state index contributed by atoms with van der Waals surface area (Å²) in [6.45, 7) is 1.69. The van der Waals surface area contributed by atoms with Crippen LogP contribution in [0.5, 0.6) is 0 Å². The van der Waals surface area contributed by atoms with Crippen LogP contribution < -0.4 is 0 Å². The molecule has 0 aliphatic rings. The summed E-state index contributed by atoms with van der Waals surface area (Å²) >= 11 is 6.13. The molecule has 5 heteroatoms. The quantitative estimate of drug-likeness (QED) is 0.787. The molecule has 2 aromatic rings. The van der Waals surface area contributed by atoms with E-state index in [1.165, 1.54) is 6.92 Å². The smallest absolute Gasteiger partial charge is 0.303 e. The fourth-order valence-corrected chi connectivity index (χ4v) is 2.44. The molecule has 23 heavy (non-hydrogen) atoms. The summed E-state index contributed by atoms with van der Waals surface area (Å²) in [5.74, 6) is -0.489. The van der Waals surface area contributed by atoms with Gasteiger partial charge in [0.1, 0.15) is 6.10 Å². The molecular formula is C18H19ClO4. The van der Waals surface area contributed by atoms with Crippen molar-refractivity contribution in [1.82, 2.24) is 0 Å². The molecule has 0 aromatic heterocycles. The molecule has 0 fully saturated rings. The number of aliphatic hydroxyl groups excluding tert-OH is 1. The van der Waals surface area contributed by atoms with E-state index in [2.05, 4.69) is 0 Å². The van der Waals surface area contributed by atoms with Gasteiger partial charge in [-0.25, -0.2) is 0 Å². The van der Waals surface area contributed by atoms with Crippen molar-refractivity contribution in [1.29, 1.82) is 0 Å². The Bertz CT molecular complexity index is 630. The predicted octanol–water partition coefficient (Wildman–Crippen LogP) is 3.52. The molecular weight excluding hydrogens is 316 g/mol. The highest BCUT2D eigenvalue weighted by atomic mass is 35.5. The van der Waals surface area contributed by atoms with Gasteiger partial charge in [-0.05, 0) is 11.6 Å². The number of rotatable bonds is 7. The average molecular weight is 335 g/mol. The van der Waals surface area contributed by atoms with Gasteiger partial charge in [0, 0.05) is 17.5 Å². The van der Waals surface area contributed by atoms with Crippen LogP contribution in [0.25, 0.3) is 0 Å². The van der Waals surface area contributed by atoms with E-state index in [4.69, 9.17) is 21.1 Å². The van der Waals surface area contributed by atoms with Gasteiger partial charge in [0.05, 0.1) is 13.2 Å². The molecule has 2 aromatic carbocycles. The van der Waals surface area contributed by atoms with Gasteiger partial charge in [0.25, 0.3) is 0 Å². The second-order valence-electron chi connectivity index (χ2n) is 5.12. The van der Waals surface area contributed by atoms with Gasteiger partial charge in [-0.15, -0.1) is 0 Å². The number of carbonyl (C=O) groups is 1. The highest BCUT2D eigenvalue weighted by Gasteiger charge is 2.26. The summed E-state index contributed by atoms with van der Waals surface area (Å²) in [7, 11) is 0. The van der Waals surface area contributed by atoms with Gasteiger partial charge in [0.15, 0.2) is 6.10 Å². The zero-order valence-electron chi connectivity index (χ0n) is 12.8. The van der Waals surface area contributed by atoms with Crippen molar-refractivity contribution in [3.8, 4) is 0 Å². The van der Waals surface area contributed by atoms with Crippen molar-refractivity contribution in [2.75, 3.05) is 6.61 Å². The second kappa shape index (κ2) is 8.67. The molecule has 122 valence electrons. The molecule has 0 spiro atoms. The average Bonchev–Trinajstić information content (AvgIpc) is 2.54. The van der Waals surface area contributed by atoms with E-state index in [-0.39, 0.29) is 6.61 Å². The molecule has 2 atom stereocenters. The fraction of sp³-hybridized carbons (Fsp3) is 0.278. The Morgan fingerprint density at radius 2 is 1.78 bits per heavy atom. The SMILES string of the molecule is CC(=O)OC(c1ccccc1Cl)[C@@H](O)COCc1ccccc1. The van der Waals surface area contributed by atoms with Gasteiger partial charge in [-0.1, -0.05) is 60.1 Å². The van der Waals surface area contributed by atoms with Crippen LogP contribution in [0, 0.1) is 0 Å². The van der Waals surface area contributed by atoms with E-state index in [1.54, 1.807) is 24.3 Å². The van der Waals surface area contributed by atoms with Crippen LogP contribution in [0.2, 0.25) is 5.02 Å². The topological polar surface area (TPSA) is 55.8 Å². The largest absolute Gasteiger partial charge is 0.455 e. The third-order valence-corrected chi connectivity index (χ3v) is 3.60. The first-order valence-corrected chi connectivity index (χ1v) is 7.67. The Kier molecular flexibility index (Phi) is 6.59. The minimum atomic E-state index is -1.01. The van der Waals surface area contributed by atoms with E-state index in [1.807, 2.05) is 30.3 Å². The van der Waals surface area contributed by atoms with Crippen LogP contribution in [0.1, 0.15) is 24.2 Å². The summed E-state index contributed by atoms with van der Waals surface area (Å²) in [5, 5.41) is 10.8. The van der Waals surface area contributed by atoms with E-state index >= 15 is 0 Å². The maximum absolute atomic E-state index is 11.3. The Labute approximate surface area is 140 Å². The van der Waals surface area contributed by atoms with Crippen molar-refractivity contribution in [2.24, 2.45) is 0 Å². The second-order valence-corrected chi connectivity index (χ2v) is 5.53. The van der Waals surface area contributed by atoms with Gasteiger partial charge >= 0.3 is 5.97 Å². The number of hydrogen-bond donors (Lipinski definition) is 1. The minimum Gasteiger partial charge on any atom is -0.455 e. The maximum atomic E-state index is 11.3. The normalized spacial score (nSPS) is 13.3. The first-order valence-electron chi connectivity index (χ1n) is 7.29. The zero-order valence-corrected chi connectivity index (χ0v) is 13.6. The Morgan fingerprint density at radius 3 is 2.43 bits per heavy atom. The van der Waals surface area contributed by atoms with Crippen LogP contribution in [0.4, 0.5) is 0 Å². The molecule has 0 bridgehead atoms. The molecule has 0 saturated heterocycles. The molecule has 0 amide bonds. The lowest BCUT2D eigenvalue weighted by Gasteiger charge is -2.23. The lowest BCUT2D eigenvalue weighted by molar-refractivity contribution is -0.155. The van der Waals surface area contributed by atoms with E-state index < -0.39 is 18.2 Å². The predicted molar refractivity (Wildman–Crippen MR) is 88.1 cm³/mol. The standard InChI is InChI=1S/C18H19ClO4/c1-13(20)23-18(15-9-5-6-10-16(15)19)17(21)12-22-11-14-7-3-2-4-8-14/h2-10,17-18,21H,11-12H2,1H3/t17-,18?/m0/s1. The molecule has 1 unspecified atom stereocenters. The Balaban J connectivity index is 2.01. The molecule has 2 rings (SSSR count). The number of hydrogen-bond acceptors (Lipinski definition) is 4. The van der Waals surface area contributed by atoms with Crippen molar-refractivity contribution in [3.05, 3.63) is 70.7 Å². The van der Waals surface area contributed by atoms with Crippen molar-refractivity contribution in [3.63, 3.8) is 0 Å². The van der Waals surface area contributed by atoms with Crippen LogP contribution in [0.15, 0.2) is 54.6 Å². The first-order chi connectivity index (χ1) is 11.1. The molecule has 0 aliphatic carbocycles. The summed E-state index contributed by atoms with van der Waals surface area (Å²) in [6, 6.07) is 16.6. The summed E-state index contributed by atoms with van der Waals surface area (Å²) < 4.78 is 10.7. The summed E-state index contributed by atoms with van der Waals surface area (Å²) in [4.78, 5) is 11.3. The number of esters is 1. The molecule has 0 radical (unpaired) electrons. The first kappa shape index (κ1) is 17.5. The number of aliphatic hydroxyl groups is 1. The lowest BCUT2D eigenvalue weighted by atomic mass is 10.0. The molecule has 0 aliphatic heterocycles. The molecule has 1 N–H and O–H groups in total. The van der Waals surface area contributed by atoms with Gasteiger partial charge in [0.2, 0.25) is 0 Å². The van der Waals surface area contributed by atoms with E-state index in [9.17, 15) is 9.90 Å². The monoisotopic (exact) mass is 334 g/mol. The van der Waals surface area contributed by atoms with Crippen LogP contribution in [-0.4, -0.2) is 23.8 Å². The van der Waals surface area contributed by atoms with E-state index in [0.717, 1.165) is 5.56 Å². The van der Waals surface area contributed by atoms with Gasteiger partial charge in [-0.2, -0.15) is 0 Å². The Hall–Kier alpha value is -1.88. The number of halogens is 1. The maximum Gasteiger partial charge on any atom is 0.303 e.